The van der Waals surface area contributed by atoms with E-state index in [1.807, 2.05) is 0 Å². The van der Waals surface area contributed by atoms with Crippen LogP contribution in [0.5, 0.6) is 0 Å². The van der Waals surface area contributed by atoms with Gasteiger partial charge in [0.1, 0.15) is 6.10 Å². The molecule has 222 valence electrons. The van der Waals surface area contributed by atoms with Gasteiger partial charge in [-0.15, -0.1) is 0 Å². The first-order chi connectivity index (χ1) is 18.2. The van der Waals surface area contributed by atoms with Crippen molar-refractivity contribution >= 4 is 16.0 Å². The first kappa shape index (κ1) is 36.5. The van der Waals surface area contributed by atoms with E-state index in [9.17, 15) is 28.0 Å². The molecular weight excluding hydrogens is 502 g/mol. The Morgan fingerprint density at radius 1 is 0.737 bits per heavy atom. The summed E-state index contributed by atoms with van der Waals surface area (Å²) in [5.74, 6) is -1.57. The van der Waals surface area contributed by atoms with E-state index in [-0.39, 0.29) is 6.42 Å². The standard InChI is InChI=1S/C30H55NO6S/c1-3-5-7-9-11-13-15-17-19-21-23-25-29(33)30(34)31-27(26-38(35,36)37)28(32)24-22-20-18-16-14-12-10-8-6-4-2/h6,8,14,16,22,24,27-29,32-33H,3-5,7,9-13,15,17-21,23,25-26H2,1-2H3,(H,31,34)(H,35,36,37)/b8-6+,16-14+,24-22+. The summed E-state index contributed by atoms with van der Waals surface area (Å²) in [4.78, 5) is 12.4. The SMILES string of the molecule is CC/C=C/CC/C=C/CC/C=C/C(O)C(CS(=O)(=O)O)NC(=O)C(O)CCCCCCCCCCCCC. The summed E-state index contributed by atoms with van der Waals surface area (Å²) >= 11 is 0. The lowest BCUT2D eigenvalue weighted by Gasteiger charge is -2.22. The Balaban J connectivity index is 4.34. The van der Waals surface area contributed by atoms with Gasteiger partial charge >= 0.3 is 0 Å². The van der Waals surface area contributed by atoms with E-state index in [1.54, 1.807) is 6.08 Å². The highest BCUT2D eigenvalue weighted by Crippen LogP contribution is 2.13. The number of aliphatic hydroxyl groups is 2. The zero-order valence-corrected chi connectivity index (χ0v) is 24.7. The quantitative estimate of drug-likeness (QED) is 0.0583. The Hall–Kier alpha value is -1.48. The summed E-state index contributed by atoms with van der Waals surface area (Å²) < 4.78 is 32.1. The molecule has 38 heavy (non-hydrogen) atoms. The molecular formula is C30H55NO6S. The first-order valence-corrected chi connectivity index (χ1v) is 16.4. The topological polar surface area (TPSA) is 124 Å². The van der Waals surface area contributed by atoms with Crippen molar-refractivity contribution in [2.45, 2.75) is 141 Å². The van der Waals surface area contributed by atoms with Gasteiger partial charge in [0.2, 0.25) is 5.91 Å². The maximum atomic E-state index is 12.4. The number of carbonyl (C=O) groups excluding carboxylic acids is 1. The molecule has 7 nitrogen and oxygen atoms in total. The van der Waals surface area contributed by atoms with E-state index in [1.165, 1.54) is 51.0 Å². The molecule has 0 aromatic heterocycles. The predicted molar refractivity (Wildman–Crippen MR) is 158 cm³/mol. The monoisotopic (exact) mass is 557 g/mol. The molecule has 0 aliphatic heterocycles. The van der Waals surface area contributed by atoms with Crippen LogP contribution in [0.2, 0.25) is 0 Å². The third kappa shape index (κ3) is 23.6. The first-order valence-electron chi connectivity index (χ1n) is 14.8. The van der Waals surface area contributed by atoms with Crippen molar-refractivity contribution in [2.24, 2.45) is 0 Å². The minimum atomic E-state index is -4.44. The van der Waals surface area contributed by atoms with E-state index in [4.69, 9.17) is 0 Å². The van der Waals surface area contributed by atoms with Gasteiger partial charge in [-0.05, 0) is 38.5 Å². The smallest absolute Gasteiger partial charge is 0.267 e. The summed E-state index contributed by atoms with van der Waals surface area (Å²) in [6.45, 7) is 4.32. The van der Waals surface area contributed by atoms with Crippen LogP contribution in [0.3, 0.4) is 0 Å². The van der Waals surface area contributed by atoms with Crippen LogP contribution in [0.1, 0.15) is 123 Å². The third-order valence-electron chi connectivity index (χ3n) is 6.42. The van der Waals surface area contributed by atoms with Crippen molar-refractivity contribution in [3.05, 3.63) is 36.5 Å². The maximum Gasteiger partial charge on any atom is 0.267 e. The highest BCUT2D eigenvalue weighted by Gasteiger charge is 2.27. The summed E-state index contributed by atoms with van der Waals surface area (Å²) in [5.41, 5.74) is 0. The van der Waals surface area contributed by atoms with Crippen molar-refractivity contribution in [3.63, 3.8) is 0 Å². The van der Waals surface area contributed by atoms with Crippen LogP contribution < -0.4 is 5.32 Å². The lowest BCUT2D eigenvalue weighted by Crippen LogP contribution is -2.50. The zero-order valence-electron chi connectivity index (χ0n) is 23.9. The lowest BCUT2D eigenvalue weighted by atomic mass is 10.0. The number of amides is 1. The van der Waals surface area contributed by atoms with E-state index in [2.05, 4.69) is 43.5 Å². The van der Waals surface area contributed by atoms with Gasteiger partial charge < -0.3 is 15.5 Å². The number of unbranched alkanes of at least 4 members (excludes halogenated alkanes) is 12. The number of aliphatic hydroxyl groups excluding tert-OH is 2. The van der Waals surface area contributed by atoms with Gasteiger partial charge in [-0.25, -0.2) is 0 Å². The predicted octanol–water partition coefficient (Wildman–Crippen LogP) is 6.42. The summed E-state index contributed by atoms with van der Waals surface area (Å²) in [6.07, 6.45) is 26.5. The summed E-state index contributed by atoms with van der Waals surface area (Å²) in [5, 5.41) is 23.0. The Kier molecular flexibility index (Phi) is 23.6. The van der Waals surface area contributed by atoms with E-state index < -0.39 is 40.0 Å². The van der Waals surface area contributed by atoms with Crippen LogP contribution in [0.4, 0.5) is 0 Å². The van der Waals surface area contributed by atoms with Gasteiger partial charge in [-0.2, -0.15) is 8.42 Å². The second-order valence-corrected chi connectivity index (χ2v) is 11.6. The van der Waals surface area contributed by atoms with Crippen LogP contribution in [-0.4, -0.2) is 53.1 Å². The molecule has 0 heterocycles. The van der Waals surface area contributed by atoms with Crippen LogP contribution in [0.25, 0.3) is 0 Å². The van der Waals surface area contributed by atoms with Gasteiger partial charge in [-0.1, -0.05) is 121 Å². The fraction of sp³-hybridized carbons (Fsp3) is 0.767. The van der Waals surface area contributed by atoms with Gasteiger partial charge in [-0.3, -0.25) is 9.35 Å². The largest absolute Gasteiger partial charge is 0.387 e. The minimum absolute atomic E-state index is 0.272. The fourth-order valence-corrected chi connectivity index (χ4v) is 4.87. The molecule has 0 aliphatic carbocycles. The van der Waals surface area contributed by atoms with Crippen LogP contribution in [0.15, 0.2) is 36.5 Å². The van der Waals surface area contributed by atoms with Gasteiger partial charge in [0.05, 0.1) is 17.9 Å². The number of rotatable bonds is 25. The average molecular weight is 558 g/mol. The number of allylic oxidation sites excluding steroid dienone is 5. The van der Waals surface area contributed by atoms with E-state index >= 15 is 0 Å². The number of hydrogen-bond donors (Lipinski definition) is 4. The van der Waals surface area contributed by atoms with Crippen molar-refractivity contribution in [2.75, 3.05) is 5.75 Å². The van der Waals surface area contributed by atoms with Gasteiger partial charge in [0.25, 0.3) is 10.1 Å². The van der Waals surface area contributed by atoms with Crippen LogP contribution in [0, 0.1) is 0 Å². The molecule has 0 bridgehead atoms. The second kappa shape index (κ2) is 24.6. The third-order valence-corrected chi connectivity index (χ3v) is 7.20. The lowest BCUT2D eigenvalue weighted by molar-refractivity contribution is -0.130. The molecule has 0 aliphatic rings. The van der Waals surface area contributed by atoms with Crippen molar-refractivity contribution < 1.29 is 28.0 Å². The normalized spacial score (nSPS) is 15.0. The fourth-order valence-electron chi connectivity index (χ4n) is 4.14. The van der Waals surface area contributed by atoms with Crippen LogP contribution in [-0.2, 0) is 14.9 Å². The molecule has 4 N–H and O–H groups in total. The molecule has 0 saturated heterocycles. The van der Waals surface area contributed by atoms with Crippen molar-refractivity contribution in [1.29, 1.82) is 0 Å². The molecule has 8 heteroatoms. The number of nitrogens with one attached hydrogen (secondary N) is 1. The zero-order chi connectivity index (χ0) is 28.5. The van der Waals surface area contributed by atoms with E-state index in [0.717, 1.165) is 44.9 Å². The molecule has 1 amide bonds. The summed E-state index contributed by atoms with van der Waals surface area (Å²) in [6, 6.07) is -1.25. The van der Waals surface area contributed by atoms with Crippen molar-refractivity contribution in [1.82, 2.24) is 5.32 Å². The molecule has 0 aromatic carbocycles. The van der Waals surface area contributed by atoms with Crippen LogP contribution >= 0.6 is 0 Å². The molecule has 0 radical (unpaired) electrons. The number of hydrogen-bond acceptors (Lipinski definition) is 5. The second-order valence-electron chi connectivity index (χ2n) is 10.1. The molecule has 0 fully saturated rings. The summed E-state index contributed by atoms with van der Waals surface area (Å²) in [7, 11) is -4.44. The Morgan fingerprint density at radius 3 is 1.71 bits per heavy atom. The van der Waals surface area contributed by atoms with Crippen molar-refractivity contribution in [3.8, 4) is 0 Å². The molecule has 0 saturated carbocycles. The number of carbonyl (C=O) groups is 1. The molecule has 0 spiro atoms. The molecule has 3 unspecified atom stereocenters. The maximum absolute atomic E-state index is 12.4. The van der Waals surface area contributed by atoms with Gasteiger partial charge in [0, 0.05) is 0 Å². The Bertz CT molecular complexity index is 763. The Morgan fingerprint density at radius 2 is 1.21 bits per heavy atom. The molecule has 0 aromatic rings. The Labute approximate surface area is 232 Å². The van der Waals surface area contributed by atoms with E-state index in [0.29, 0.717) is 12.8 Å². The minimum Gasteiger partial charge on any atom is -0.387 e. The van der Waals surface area contributed by atoms with Gasteiger partial charge in [0.15, 0.2) is 0 Å². The highest BCUT2D eigenvalue weighted by atomic mass is 32.2. The molecule has 0 rings (SSSR count). The highest BCUT2D eigenvalue weighted by molar-refractivity contribution is 7.85. The average Bonchev–Trinajstić information content (AvgIpc) is 2.86. The molecule has 3 atom stereocenters.